The second kappa shape index (κ2) is 6.55. The maximum Gasteiger partial charge on any atom is 0.274 e. The van der Waals surface area contributed by atoms with E-state index in [1.54, 1.807) is 33.9 Å². The fourth-order valence-corrected chi connectivity index (χ4v) is 3.46. The van der Waals surface area contributed by atoms with Gasteiger partial charge in [0.25, 0.3) is 5.91 Å². The molecule has 4 rings (SSSR count). The normalized spacial score (nSPS) is 17.2. The van der Waals surface area contributed by atoms with Crippen molar-refractivity contribution in [1.29, 1.82) is 0 Å². The quantitative estimate of drug-likeness (QED) is 0.734. The predicted octanol–water partition coefficient (Wildman–Crippen LogP) is 2.33. The van der Waals surface area contributed by atoms with Crippen LogP contribution in [0.3, 0.4) is 0 Å². The van der Waals surface area contributed by atoms with Crippen LogP contribution >= 0.6 is 0 Å². The van der Waals surface area contributed by atoms with Crippen molar-refractivity contribution in [2.75, 3.05) is 31.6 Å². The summed E-state index contributed by atoms with van der Waals surface area (Å²) >= 11 is 0. The molecule has 2 aromatic heterocycles. The van der Waals surface area contributed by atoms with E-state index in [1.165, 1.54) is 5.69 Å². The molecular weight excluding hydrogens is 314 g/mol. The standard InChI is InChI=1S/C19H21N5O/c1-22(19(25)17-12-18-20-9-5-10-24(18)21-17)13-15-8-11-23(14-15)16-6-3-2-4-7-16/h2-7,9-10,12,15H,8,11,13-14H2,1H3. The molecular formula is C19H21N5O. The number of nitrogens with zero attached hydrogens (tertiary/aromatic N) is 5. The molecule has 0 aliphatic carbocycles. The molecule has 0 N–H and O–H groups in total. The highest BCUT2D eigenvalue weighted by molar-refractivity contribution is 5.93. The van der Waals surface area contributed by atoms with Crippen LogP contribution in [0.1, 0.15) is 16.9 Å². The Hall–Kier alpha value is -2.89. The summed E-state index contributed by atoms with van der Waals surface area (Å²) in [7, 11) is 1.85. The Labute approximate surface area is 146 Å². The predicted molar refractivity (Wildman–Crippen MR) is 96.7 cm³/mol. The lowest BCUT2D eigenvalue weighted by molar-refractivity contribution is 0.0770. The van der Waals surface area contributed by atoms with E-state index in [0.29, 0.717) is 17.3 Å². The number of aromatic nitrogens is 3. The number of para-hydroxylation sites is 1. The maximum absolute atomic E-state index is 12.7. The third-order valence-electron chi connectivity index (χ3n) is 4.74. The van der Waals surface area contributed by atoms with Crippen LogP contribution in [0.15, 0.2) is 54.9 Å². The molecule has 1 atom stereocenters. The van der Waals surface area contributed by atoms with E-state index in [0.717, 1.165) is 26.1 Å². The van der Waals surface area contributed by atoms with Crippen molar-refractivity contribution in [3.8, 4) is 0 Å². The molecule has 1 amide bonds. The average Bonchev–Trinajstić information content (AvgIpc) is 3.28. The number of anilines is 1. The smallest absolute Gasteiger partial charge is 0.274 e. The van der Waals surface area contributed by atoms with Crippen LogP contribution in [0.4, 0.5) is 5.69 Å². The van der Waals surface area contributed by atoms with Gasteiger partial charge in [0.15, 0.2) is 11.3 Å². The second-order valence-electron chi connectivity index (χ2n) is 6.57. The summed E-state index contributed by atoms with van der Waals surface area (Å²) in [6.45, 7) is 2.76. The average molecular weight is 335 g/mol. The Morgan fingerprint density at radius 3 is 2.92 bits per heavy atom. The largest absolute Gasteiger partial charge is 0.371 e. The van der Waals surface area contributed by atoms with Crippen molar-refractivity contribution in [3.63, 3.8) is 0 Å². The molecule has 1 saturated heterocycles. The molecule has 1 aliphatic rings. The number of hydrogen-bond acceptors (Lipinski definition) is 4. The van der Waals surface area contributed by atoms with Crippen LogP contribution in [0.25, 0.3) is 5.65 Å². The van der Waals surface area contributed by atoms with E-state index in [9.17, 15) is 4.79 Å². The van der Waals surface area contributed by atoms with Gasteiger partial charge in [-0.05, 0) is 30.5 Å². The van der Waals surface area contributed by atoms with Crippen molar-refractivity contribution in [2.24, 2.45) is 5.92 Å². The SMILES string of the molecule is CN(CC1CCN(c2ccccc2)C1)C(=O)c1cc2ncccn2n1. The van der Waals surface area contributed by atoms with Crippen molar-refractivity contribution in [3.05, 3.63) is 60.6 Å². The Morgan fingerprint density at radius 1 is 1.28 bits per heavy atom. The van der Waals surface area contributed by atoms with Gasteiger partial charge in [-0.3, -0.25) is 4.79 Å². The van der Waals surface area contributed by atoms with E-state index < -0.39 is 0 Å². The minimum atomic E-state index is -0.0522. The first kappa shape index (κ1) is 15.6. The topological polar surface area (TPSA) is 53.7 Å². The summed E-state index contributed by atoms with van der Waals surface area (Å²) in [5.74, 6) is 0.424. The van der Waals surface area contributed by atoms with Crippen LogP contribution in [0.5, 0.6) is 0 Å². The summed E-state index contributed by atoms with van der Waals surface area (Å²) in [4.78, 5) is 21.0. The lowest BCUT2D eigenvalue weighted by atomic mass is 10.1. The van der Waals surface area contributed by atoms with Gasteiger partial charge in [0.05, 0.1) is 0 Å². The highest BCUT2D eigenvalue weighted by Crippen LogP contribution is 2.24. The summed E-state index contributed by atoms with van der Waals surface area (Å²) in [5.41, 5.74) is 2.39. The van der Waals surface area contributed by atoms with Gasteiger partial charge in [-0.15, -0.1) is 0 Å². The zero-order valence-corrected chi connectivity index (χ0v) is 14.2. The van der Waals surface area contributed by atoms with Crippen LogP contribution in [0, 0.1) is 5.92 Å². The van der Waals surface area contributed by atoms with Crippen LogP contribution in [0.2, 0.25) is 0 Å². The first-order valence-corrected chi connectivity index (χ1v) is 8.56. The Balaban J connectivity index is 1.40. The number of fused-ring (bicyclic) bond motifs is 1. The fraction of sp³-hybridized carbons (Fsp3) is 0.316. The highest BCUT2D eigenvalue weighted by atomic mass is 16.2. The van der Waals surface area contributed by atoms with E-state index in [2.05, 4.69) is 39.2 Å². The highest BCUT2D eigenvalue weighted by Gasteiger charge is 2.26. The number of carbonyl (C=O) groups excluding carboxylic acids is 1. The van der Waals surface area contributed by atoms with E-state index in [1.807, 2.05) is 13.1 Å². The van der Waals surface area contributed by atoms with Crippen LogP contribution < -0.4 is 4.90 Å². The monoisotopic (exact) mass is 335 g/mol. The summed E-state index contributed by atoms with van der Waals surface area (Å²) in [5, 5.41) is 4.32. The Bertz CT molecular complexity index is 843. The van der Waals surface area contributed by atoms with Crippen molar-refractivity contribution >= 4 is 17.2 Å². The first-order valence-electron chi connectivity index (χ1n) is 8.56. The molecule has 25 heavy (non-hydrogen) atoms. The van der Waals surface area contributed by atoms with Gasteiger partial charge in [-0.1, -0.05) is 18.2 Å². The molecule has 0 radical (unpaired) electrons. The molecule has 1 unspecified atom stereocenters. The van der Waals surface area contributed by atoms with Crippen molar-refractivity contribution in [2.45, 2.75) is 6.42 Å². The molecule has 0 spiro atoms. The number of rotatable bonds is 4. The van der Waals surface area contributed by atoms with Crippen LogP contribution in [-0.4, -0.2) is 52.1 Å². The molecule has 3 aromatic rings. The number of hydrogen-bond donors (Lipinski definition) is 0. The van der Waals surface area contributed by atoms with Crippen LogP contribution in [-0.2, 0) is 0 Å². The summed E-state index contributed by atoms with van der Waals surface area (Å²) < 4.78 is 1.63. The Kier molecular flexibility index (Phi) is 4.09. The van der Waals surface area contributed by atoms with Gasteiger partial charge >= 0.3 is 0 Å². The van der Waals surface area contributed by atoms with E-state index in [-0.39, 0.29) is 5.91 Å². The Morgan fingerprint density at radius 2 is 2.12 bits per heavy atom. The lowest BCUT2D eigenvalue weighted by Crippen LogP contribution is -2.33. The van der Waals surface area contributed by atoms with Gasteiger partial charge in [-0.2, -0.15) is 5.10 Å². The van der Waals surface area contributed by atoms with Gasteiger partial charge in [-0.25, -0.2) is 9.50 Å². The minimum Gasteiger partial charge on any atom is -0.371 e. The molecule has 128 valence electrons. The number of carbonyl (C=O) groups is 1. The van der Waals surface area contributed by atoms with E-state index in [4.69, 9.17) is 0 Å². The number of benzene rings is 1. The third-order valence-corrected chi connectivity index (χ3v) is 4.74. The summed E-state index contributed by atoms with van der Waals surface area (Å²) in [6.07, 6.45) is 4.60. The van der Waals surface area contributed by atoms with Gasteiger partial charge < -0.3 is 9.80 Å². The van der Waals surface area contributed by atoms with Crippen molar-refractivity contribution < 1.29 is 4.79 Å². The van der Waals surface area contributed by atoms with Gasteiger partial charge in [0, 0.05) is 50.8 Å². The molecule has 6 heteroatoms. The number of amides is 1. The molecule has 1 aromatic carbocycles. The third kappa shape index (κ3) is 3.20. The summed E-state index contributed by atoms with van der Waals surface area (Å²) in [6, 6.07) is 14.0. The molecule has 1 fully saturated rings. The fourth-order valence-electron chi connectivity index (χ4n) is 3.46. The molecule has 0 bridgehead atoms. The minimum absolute atomic E-state index is 0.0522. The first-order chi connectivity index (χ1) is 12.2. The van der Waals surface area contributed by atoms with Gasteiger partial charge in [0.2, 0.25) is 0 Å². The molecule has 0 saturated carbocycles. The van der Waals surface area contributed by atoms with Crippen molar-refractivity contribution in [1.82, 2.24) is 19.5 Å². The lowest BCUT2D eigenvalue weighted by Gasteiger charge is -2.22. The zero-order chi connectivity index (χ0) is 17.2. The molecule has 6 nitrogen and oxygen atoms in total. The molecule has 3 heterocycles. The maximum atomic E-state index is 12.7. The zero-order valence-electron chi connectivity index (χ0n) is 14.2. The second-order valence-corrected chi connectivity index (χ2v) is 6.57. The molecule has 1 aliphatic heterocycles. The van der Waals surface area contributed by atoms with E-state index >= 15 is 0 Å². The van der Waals surface area contributed by atoms with Gasteiger partial charge in [0.1, 0.15) is 0 Å².